The van der Waals surface area contributed by atoms with Crippen LogP contribution in [0.25, 0.3) is 0 Å². The van der Waals surface area contributed by atoms with Crippen molar-refractivity contribution < 1.29 is 14.8 Å². The Hall–Kier alpha value is -2.15. The summed E-state index contributed by atoms with van der Waals surface area (Å²) in [5, 5.41) is 24.6. The highest BCUT2D eigenvalue weighted by Gasteiger charge is 2.14. The molecule has 17 heavy (non-hydrogen) atoms. The van der Waals surface area contributed by atoms with Gasteiger partial charge in [0.05, 0.1) is 11.5 Å². The lowest BCUT2D eigenvalue weighted by Crippen LogP contribution is -2.09. The van der Waals surface area contributed by atoms with Crippen molar-refractivity contribution in [3.63, 3.8) is 0 Å². The zero-order valence-electron chi connectivity index (χ0n) is 9.27. The Balaban J connectivity index is 2.99. The fraction of sp³-hybridized carbons (Fsp3) is 0.300. The second kappa shape index (κ2) is 5.80. The molecule has 0 atom stereocenters. The first-order chi connectivity index (χ1) is 8.04. The van der Waals surface area contributed by atoms with E-state index in [1.807, 2.05) is 0 Å². The van der Waals surface area contributed by atoms with Crippen LogP contribution < -0.4 is 10.6 Å². The summed E-state index contributed by atoms with van der Waals surface area (Å²) in [6.07, 6.45) is 0. The lowest BCUT2D eigenvalue weighted by molar-refractivity contribution is -0.383. The number of amides is 1. The van der Waals surface area contributed by atoms with Crippen LogP contribution in [0, 0.1) is 10.1 Å². The molecule has 0 aromatic heterocycles. The van der Waals surface area contributed by atoms with Crippen LogP contribution in [0.1, 0.15) is 6.92 Å². The minimum absolute atomic E-state index is 0.120. The Morgan fingerprint density at radius 2 is 2.24 bits per heavy atom. The Morgan fingerprint density at radius 1 is 1.53 bits per heavy atom. The standard InChI is InChI=1S/C10H13N3O4/c1-7(15)12-8-2-3-9(11-4-5-14)10(6-8)13(16)17/h2-3,6,11,14H,4-5H2,1H3,(H,12,15). The molecule has 0 unspecified atom stereocenters. The summed E-state index contributed by atoms with van der Waals surface area (Å²) in [5.41, 5.74) is 0.515. The number of carbonyl (C=O) groups is 1. The number of nitro groups is 1. The maximum atomic E-state index is 10.8. The van der Waals surface area contributed by atoms with Gasteiger partial charge in [0.25, 0.3) is 5.69 Å². The summed E-state index contributed by atoms with van der Waals surface area (Å²) in [6.45, 7) is 1.43. The van der Waals surface area contributed by atoms with Crippen LogP contribution in [0.2, 0.25) is 0 Å². The minimum Gasteiger partial charge on any atom is -0.395 e. The molecule has 1 aromatic rings. The van der Waals surface area contributed by atoms with Gasteiger partial charge in [-0.05, 0) is 12.1 Å². The Labute approximate surface area is 97.6 Å². The first-order valence-electron chi connectivity index (χ1n) is 4.95. The van der Waals surface area contributed by atoms with Crippen molar-refractivity contribution >= 4 is 23.0 Å². The number of aliphatic hydroxyl groups excluding tert-OH is 1. The van der Waals surface area contributed by atoms with Crippen LogP contribution in [-0.4, -0.2) is 29.1 Å². The van der Waals surface area contributed by atoms with Crippen LogP contribution in [0.4, 0.5) is 17.1 Å². The molecule has 0 bridgehead atoms. The third-order valence-corrected chi connectivity index (χ3v) is 1.94. The molecule has 0 aliphatic rings. The summed E-state index contributed by atoms with van der Waals surface area (Å²) in [5.74, 6) is -0.296. The summed E-state index contributed by atoms with van der Waals surface area (Å²) < 4.78 is 0. The highest BCUT2D eigenvalue weighted by atomic mass is 16.6. The van der Waals surface area contributed by atoms with Gasteiger partial charge in [0.2, 0.25) is 5.91 Å². The fourth-order valence-corrected chi connectivity index (χ4v) is 1.30. The topological polar surface area (TPSA) is 104 Å². The molecule has 0 aliphatic heterocycles. The molecule has 3 N–H and O–H groups in total. The van der Waals surface area contributed by atoms with Gasteiger partial charge in [0, 0.05) is 25.2 Å². The maximum Gasteiger partial charge on any atom is 0.294 e. The molecule has 0 aliphatic carbocycles. The average molecular weight is 239 g/mol. The summed E-state index contributed by atoms with van der Waals surface area (Å²) in [4.78, 5) is 21.1. The van der Waals surface area contributed by atoms with Gasteiger partial charge >= 0.3 is 0 Å². The second-order valence-electron chi connectivity index (χ2n) is 3.32. The molecule has 0 spiro atoms. The van der Waals surface area contributed by atoms with E-state index in [0.717, 1.165) is 0 Å². The molecule has 0 heterocycles. The summed E-state index contributed by atoms with van der Waals surface area (Å²) in [6, 6.07) is 4.30. The minimum atomic E-state index is -0.551. The number of nitrogens with one attached hydrogen (secondary N) is 2. The SMILES string of the molecule is CC(=O)Nc1ccc(NCCO)c([N+](=O)[O-])c1. The number of rotatable bonds is 5. The van der Waals surface area contributed by atoms with Crippen LogP contribution >= 0.6 is 0 Å². The van der Waals surface area contributed by atoms with Gasteiger partial charge in [-0.3, -0.25) is 14.9 Å². The van der Waals surface area contributed by atoms with Crippen LogP contribution in [0.15, 0.2) is 18.2 Å². The van der Waals surface area contributed by atoms with E-state index in [1.165, 1.54) is 19.1 Å². The second-order valence-corrected chi connectivity index (χ2v) is 3.32. The Bertz CT molecular complexity index is 434. The van der Waals surface area contributed by atoms with Gasteiger partial charge in [-0.2, -0.15) is 0 Å². The number of nitrogens with zero attached hydrogens (tertiary/aromatic N) is 1. The first-order valence-corrected chi connectivity index (χ1v) is 4.95. The highest BCUT2D eigenvalue weighted by Crippen LogP contribution is 2.27. The van der Waals surface area contributed by atoms with Gasteiger partial charge in [-0.15, -0.1) is 0 Å². The number of anilines is 2. The number of nitro benzene ring substituents is 1. The predicted molar refractivity (Wildman–Crippen MR) is 63.0 cm³/mol. The van der Waals surface area contributed by atoms with Gasteiger partial charge in [-0.1, -0.05) is 0 Å². The number of hydrogen-bond donors (Lipinski definition) is 3. The molecule has 92 valence electrons. The lowest BCUT2D eigenvalue weighted by atomic mass is 10.2. The van der Waals surface area contributed by atoms with E-state index in [-0.39, 0.29) is 24.7 Å². The molecule has 1 aromatic carbocycles. The van der Waals surface area contributed by atoms with Crippen molar-refractivity contribution in [3.05, 3.63) is 28.3 Å². The largest absolute Gasteiger partial charge is 0.395 e. The van der Waals surface area contributed by atoms with E-state index >= 15 is 0 Å². The van der Waals surface area contributed by atoms with Crippen molar-refractivity contribution in [1.29, 1.82) is 0 Å². The maximum absolute atomic E-state index is 10.8. The monoisotopic (exact) mass is 239 g/mol. The third kappa shape index (κ3) is 3.72. The third-order valence-electron chi connectivity index (χ3n) is 1.94. The Kier molecular flexibility index (Phi) is 4.41. The molecular formula is C10H13N3O4. The number of hydrogen-bond acceptors (Lipinski definition) is 5. The van der Waals surface area contributed by atoms with Crippen LogP contribution in [0.3, 0.4) is 0 Å². The van der Waals surface area contributed by atoms with Crippen LogP contribution in [0.5, 0.6) is 0 Å². The van der Waals surface area contributed by atoms with Gasteiger partial charge in [0.1, 0.15) is 5.69 Å². The zero-order chi connectivity index (χ0) is 12.8. The van der Waals surface area contributed by atoms with Gasteiger partial charge in [-0.25, -0.2) is 0 Å². The van der Waals surface area contributed by atoms with Crippen molar-refractivity contribution in [3.8, 4) is 0 Å². The van der Waals surface area contributed by atoms with E-state index in [4.69, 9.17) is 5.11 Å². The molecule has 7 heteroatoms. The highest BCUT2D eigenvalue weighted by molar-refractivity contribution is 5.89. The fourth-order valence-electron chi connectivity index (χ4n) is 1.30. The van der Waals surface area contributed by atoms with Crippen molar-refractivity contribution in [1.82, 2.24) is 0 Å². The molecule has 7 nitrogen and oxygen atoms in total. The van der Waals surface area contributed by atoms with E-state index in [0.29, 0.717) is 11.4 Å². The predicted octanol–water partition coefficient (Wildman–Crippen LogP) is 0.957. The molecule has 0 saturated heterocycles. The van der Waals surface area contributed by atoms with E-state index in [9.17, 15) is 14.9 Å². The number of benzene rings is 1. The average Bonchev–Trinajstić information content (AvgIpc) is 2.26. The summed E-state index contributed by atoms with van der Waals surface area (Å²) >= 11 is 0. The quantitative estimate of drug-likeness (QED) is 0.524. The molecule has 0 fully saturated rings. The van der Waals surface area contributed by atoms with E-state index < -0.39 is 4.92 Å². The number of carbonyl (C=O) groups excluding carboxylic acids is 1. The number of aliphatic hydroxyl groups is 1. The van der Waals surface area contributed by atoms with E-state index in [1.54, 1.807) is 6.07 Å². The van der Waals surface area contributed by atoms with E-state index in [2.05, 4.69) is 10.6 Å². The first kappa shape index (κ1) is 12.9. The van der Waals surface area contributed by atoms with Crippen molar-refractivity contribution in [2.75, 3.05) is 23.8 Å². The van der Waals surface area contributed by atoms with Crippen molar-refractivity contribution in [2.24, 2.45) is 0 Å². The van der Waals surface area contributed by atoms with Crippen LogP contribution in [-0.2, 0) is 4.79 Å². The Morgan fingerprint density at radius 3 is 2.76 bits per heavy atom. The lowest BCUT2D eigenvalue weighted by Gasteiger charge is -2.07. The molecule has 1 rings (SSSR count). The molecule has 0 radical (unpaired) electrons. The zero-order valence-corrected chi connectivity index (χ0v) is 9.27. The summed E-state index contributed by atoms with van der Waals surface area (Å²) in [7, 11) is 0. The van der Waals surface area contributed by atoms with Gasteiger partial charge in [0.15, 0.2) is 0 Å². The molecular weight excluding hydrogens is 226 g/mol. The smallest absolute Gasteiger partial charge is 0.294 e. The molecule has 0 saturated carbocycles. The van der Waals surface area contributed by atoms with Gasteiger partial charge < -0.3 is 15.7 Å². The van der Waals surface area contributed by atoms with Crippen molar-refractivity contribution in [2.45, 2.75) is 6.92 Å². The molecule has 1 amide bonds. The normalized spacial score (nSPS) is 9.76.